The Morgan fingerprint density at radius 3 is 2.54 bits per heavy atom. The van der Waals surface area contributed by atoms with Crippen molar-refractivity contribution in [3.8, 4) is 0 Å². The lowest BCUT2D eigenvalue weighted by Gasteiger charge is -2.33. The number of hydrogen-bond donors (Lipinski definition) is 0. The monoisotopic (exact) mass is 499 g/mol. The average molecular weight is 500 g/mol. The van der Waals surface area contributed by atoms with Crippen molar-refractivity contribution < 1.29 is 18.0 Å². The number of piperidine rings is 1. The number of nitrogens with zero attached hydrogens (tertiary/aromatic N) is 5. The van der Waals surface area contributed by atoms with E-state index in [1.54, 1.807) is 13.8 Å². The molecule has 1 atom stereocenters. The lowest BCUT2D eigenvalue weighted by atomic mass is 9.98. The Labute approximate surface area is 206 Å². The van der Waals surface area contributed by atoms with E-state index in [-0.39, 0.29) is 35.7 Å². The van der Waals surface area contributed by atoms with Gasteiger partial charge in [0.05, 0.1) is 17.3 Å². The molecule has 2 fully saturated rings. The van der Waals surface area contributed by atoms with Crippen molar-refractivity contribution in [2.75, 3.05) is 37.6 Å². The van der Waals surface area contributed by atoms with Crippen molar-refractivity contribution in [3.05, 3.63) is 41.2 Å². The van der Waals surface area contributed by atoms with Crippen molar-refractivity contribution in [2.24, 2.45) is 5.92 Å². The van der Waals surface area contributed by atoms with Crippen LogP contribution >= 0.6 is 0 Å². The summed E-state index contributed by atoms with van der Waals surface area (Å²) in [7, 11) is -3.85. The molecule has 0 radical (unpaired) electrons. The van der Waals surface area contributed by atoms with Gasteiger partial charge in [-0.3, -0.25) is 14.3 Å². The number of aryl methyl sites for hydroxylation is 1. The van der Waals surface area contributed by atoms with Gasteiger partial charge in [-0.1, -0.05) is 18.2 Å². The zero-order valence-electron chi connectivity index (χ0n) is 20.4. The van der Waals surface area contributed by atoms with Crippen LogP contribution in [0.15, 0.2) is 29.2 Å². The van der Waals surface area contributed by atoms with E-state index in [0.717, 1.165) is 43.6 Å². The topological polar surface area (TPSA) is 95.8 Å². The number of para-hydroxylation sites is 1. The number of benzene rings is 1. The highest BCUT2D eigenvalue weighted by molar-refractivity contribution is 7.89. The minimum Gasteiger partial charge on any atom is -0.341 e. The molecule has 0 N–H and O–H groups in total. The summed E-state index contributed by atoms with van der Waals surface area (Å²) in [5.74, 6) is -0.418. The van der Waals surface area contributed by atoms with E-state index in [4.69, 9.17) is 0 Å². The van der Waals surface area contributed by atoms with Crippen molar-refractivity contribution in [1.29, 1.82) is 0 Å². The van der Waals surface area contributed by atoms with Crippen LogP contribution in [-0.2, 0) is 32.6 Å². The Hall–Kier alpha value is -2.72. The van der Waals surface area contributed by atoms with Gasteiger partial charge < -0.3 is 9.80 Å². The summed E-state index contributed by atoms with van der Waals surface area (Å²) in [5, 5.41) is 4.41. The summed E-state index contributed by atoms with van der Waals surface area (Å²) in [6, 6.07) is 7.91. The average Bonchev–Trinajstić information content (AvgIpc) is 3.58. The molecule has 1 aromatic carbocycles. The predicted molar refractivity (Wildman–Crippen MR) is 131 cm³/mol. The number of sulfonamides is 1. The Kier molecular flexibility index (Phi) is 6.43. The van der Waals surface area contributed by atoms with Crippen molar-refractivity contribution in [1.82, 2.24) is 19.0 Å². The normalized spacial score (nSPS) is 20.9. The number of anilines is 1. The molecule has 35 heavy (non-hydrogen) atoms. The molecular weight excluding hydrogens is 466 g/mol. The molecule has 0 spiro atoms. The highest BCUT2D eigenvalue weighted by Crippen LogP contribution is 2.33. The highest BCUT2D eigenvalue weighted by Gasteiger charge is 2.39. The fourth-order valence-corrected chi connectivity index (χ4v) is 7.58. The van der Waals surface area contributed by atoms with E-state index in [9.17, 15) is 18.0 Å². The molecule has 2 amide bonds. The largest absolute Gasteiger partial charge is 0.341 e. The quantitative estimate of drug-likeness (QED) is 0.628. The molecule has 0 bridgehead atoms. The summed E-state index contributed by atoms with van der Waals surface area (Å²) < 4.78 is 30.4. The molecule has 1 aromatic heterocycles. The number of fused-ring (bicyclic) bond motifs is 1. The Bertz CT molecular complexity index is 1250. The summed E-state index contributed by atoms with van der Waals surface area (Å²) >= 11 is 0. The smallest absolute Gasteiger partial charge is 0.246 e. The van der Waals surface area contributed by atoms with Crippen LogP contribution in [0.1, 0.15) is 42.6 Å². The second-order valence-corrected chi connectivity index (χ2v) is 11.7. The van der Waals surface area contributed by atoms with Gasteiger partial charge in [-0.05, 0) is 57.6 Å². The summed E-state index contributed by atoms with van der Waals surface area (Å²) in [6.45, 7) is 6.08. The van der Waals surface area contributed by atoms with E-state index in [0.29, 0.717) is 37.3 Å². The molecule has 2 saturated heterocycles. The first kappa shape index (κ1) is 24.0. The number of amides is 2. The molecule has 4 heterocycles. The molecule has 3 aliphatic rings. The molecule has 2 aromatic rings. The zero-order chi connectivity index (χ0) is 24.7. The third kappa shape index (κ3) is 4.38. The van der Waals surface area contributed by atoms with E-state index in [1.165, 1.54) is 8.99 Å². The van der Waals surface area contributed by atoms with E-state index < -0.39 is 10.0 Å². The van der Waals surface area contributed by atoms with Gasteiger partial charge in [-0.25, -0.2) is 8.42 Å². The molecule has 188 valence electrons. The van der Waals surface area contributed by atoms with Gasteiger partial charge >= 0.3 is 0 Å². The maximum atomic E-state index is 13.7. The Balaban J connectivity index is 1.34. The van der Waals surface area contributed by atoms with Crippen LogP contribution in [0, 0.1) is 19.8 Å². The molecule has 1 unspecified atom stereocenters. The van der Waals surface area contributed by atoms with Gasteiger partial charge in [0.25, 0.3) is 0 Å². The van der Waals surface area contributed by atoms with Crippen molar-refractivity contribution in [2.45, 2.75) is 57.4 Å². The number of carbonyl (C=O) groups is 2. The predicted octanol–water partition coefficient (Wildman–Crippen LogP) is 2.11. The molecule has 5 rings (SSSR count). The van der Waals surface area contributed by atoms with Gasteiger partial charge in [-0.15, -0.1) is 0 Å². The highest BCUT2D eigenvalue weighted by atomic mass is 32.2. The standard InChI is InChI=1S/C25H33N5O4S/c1-18-24(19(2)30(26-18)17-23(31)27-12-5-6-13-27)35(33,34)28-14-7-9-21(16-28)25(32)29-15-11-20-8-3-4-10-22(20)29/h3-4,8,10,21H,5-7,9,11-17H2,1-2H3. The van der Waals surface area contributed by atoms with Crippen LogP contribution < -0.4 is 4.90 Å². The Morgan fingerprint density at radius 1 is 1.03 bits per heavy atom. The third-order valence-corrected chi connectivity index (χ3v) is 9.66. The number of rotatable bonds is 5. The van der Waals surface area contributed by atoms with Crippen LogP contribution in [0.4, 0.5) is 5.69 Å². The first-order chi connectivity index (χ1) is 16.8. The van der Waals surface area contributed by atoms with Crippen LogP contribution in [0.5, 0.6) is 0 Å². The third-order valence-electron chi connectivity index (χ3n) is 7.54. The number of hydrogen-bond acceptors (Lipinski definition) is 5. The summed E-state index contributed by atoms with van der Waals surface area (Å²) in [4.78, 5) is 29.8. The van der Waals surface area contributed by atoms with Crippen LogP contribution in [-0.4, -0.2) is 71.9 Å². The fourth-order valence-electron chi connectivity index (χ4n) is 5.68. The molecular formula is C25H33N5O4S. The fraction of sp³-hybridized carbons (Fsp3) is 0.560. The first-order valence-corrected chi connectivity index (χ1v) is 13.9. The van der Waals surface area contributed by atoms with E-state index in [2.05, 4.69) is 5.10 Å². The summed E-state index contributed by atoms with van der Waals surface area (Å²) in [6.07, 6.45) is 4.13. The van der Waals surface area contributed by atoms with Gasteiger partial charge in [-0.2, -0.15) is 9.40 Å². The number of aromatic nitrogens is 2. The van der Waals surface area contributed by atoms with Crippen LogP contribution in [0.2, 0.25) is 0 Å². The maximum Gasteiger partial charge on any atom is 0.246 e. The maximum absolute atomic E-state index is 13.7. The van der Waals surface area contributed by atoms with Gasteiger partial charge in [0.1, 0.15) is 11.4 Å². The minimum atomic E-state index is -3.85. The lowest BCUT2D eigenvalue weighted by molar-refractivity contribution is -0.131. The van der Waals surface area contributed by atoms with E-state index >= 15 is 0 Å². The Morgan fingerprint density at radius 2 is 1.77 bits per heavy atom. The zero-order valence-corrected chi connectivity index (χ0v) is 21.3. The number of likely N-dealkylation sites (tertiary alicyclic amines) is 1. The van der Waals surface area contributed by atoms with Gasteiger partial charge in [0.2, 0.25) is 21.8 Å². The van der Waals surface area contributed by atoms with E-state index in [1.807, 2.05) is 34.1 Å². The van der Waals surface area contributed by atoms with Crippen LogP contribution in [0.25, 0.3) is 0 Å². The second-order valence-electron chi connectivity index (χ2n) is 9.82. The van der Waals surface area contributed by atoms with Crippen molar-refractivity contribution >= 4 is 27.5 Å². The molecule has 3 aliphatic heterocycles. The molecule has 0 aliphatic carbocycles. The first-order valence-electron chi connectivity index (χ1n) is 12.5. The SMILES string of the molecule is Cc1nn(CC(=O)N2CCCC2)c(C)c1S(=O)(=O)N1CCCC(C(=O)N2CCc3ccccc32)C1. The minimum absolute atomic E-state index is 0.00445. The number of carbonyl (C=O) groups excluding carboxylic acids is 2. The summed E-state index contributed by atoms with van der Waals surface area (Å²) in [5.41, 5.74) is 2.95. The molecule has 10 heteroatoms. The van der Waals surface area contributed by atoms with Gasteiger partial charge in [0.15, 0.2) is 0 Å². The van der Waals surface area contributed by atoms with Crippen LogP contribution in [0.3, 0.4) is 0 Å². The van der Waals surface area contributed by atoms with Crippen molar-refractivity contribution in [3.63, 3.8) is 0 Å². The van der Waals surface area contributed by atoms with Gasteiger partial charge in [0, 0.05) is 38.4 Å². The lowest BCUT2D eigenvalue weighted by Crippen LogP contribution is -2.46. The second kappa shape index (κ2) is 9.39. The molecule has 9 nitrogen and oxygen atoms in total. The molecule has 0 saturated carbocycles.